The monoisotopic (exact) mass is 397 g/mol. The van der Waals surface area contributed by atoms with Crippen molar-refractivity contribution in [3.05, 3.63) is 75.4 Å². The van der Waals surface area contributed by atoms with Crippen molar-refractivity contribution in [2.45, 2.75) is 19.7 Å². The van der Waals surface area contributed by atoms with Gasteiger partial charge in [0.15, 0.2) is 5.69 Å². The van der Waals surface area contributed by atoms with Gasteiger partial charge in [0, 0.05) is 35.1 Å². The smallest absolute Gasteiger partial charge is 0.377 e. The van der Waals surface area contributed by atoms with Gasteiger partial charge in [-0.15, -0.1) is 0 Å². The van der Waals surface area contributed by atoms with E-state index in [0.717, 1.165) is 10.9 Å². The summed E-state index contributed by atoms with van der Waals surface area (Å²) in [7, 11) is 0. The summed E-state index contributed by atoms with van der Waals surface area (Å²) in [5, 5.41) is 4.17. The molecule has 2 heterocycles. The number of benzene rings is 1. The lowest BCUT2D eigenvalue weighted by Crippen LogP contribution is -2.17. The van der Waals surface area contributed by atoms with E-state index in [9.17, 15) is 18.0 Å². The minimum Gasteiger partial charge on any atom is -0.377 e. The van der Waals surface area contributed by atoms with Crippen LogP contribution in [-0.2, 0) is 17.5 Å². The van der Waals surface area contributed by atoms with Gasteiger partial charge in [0.2, 0.25) is 0 Å². The summed E-state index contributed by atoms with van der Waals surface area (Å²) in [6.07, 6.45) is -1.94. The normalized spacial score (nSPS) is 11.7. The molecule has 0 saturated carbocycles. The Bertz CT molecular complexity index is 994. The number of aromatic nitrogens is 3. The van der Waals surface area contributed by atoms with Crippen LogP contribution in [0.1, 0.15) is 18.2 Å². The molecule has 0 radical (unpaired) electrons. The van der Waals surface area contributed by atoms with Crippen LogP contribution in [0.2, 0.25) is 5.02 Å². The maximum atomic E-state index is 13.5. The molecule has 0 aliphatic carbocycles. The molecule has 0 atom stereocenters. The van der Waals surface area contributed by atoms with E-state index < -0.39 is 11.9 Å². The third-order valence-corrected chi connectivity index (χ3v) is 4.06. The summed E-state index contributed by atoms with van der Waals surface area (Å²) in [6.45, 7) is 1.83. The van der Waals surface area contributed by atoms with Crippen LogP contribution in [0.15, 0.2) is 53.6 Å². The standard InChI is InChI=1S/C18H15ClF3N3O2/c1-2-27-11-12-10-23-25(17(12)18(20,21)22)15-5-3-14(4-6-15)24-8-7-13(19)9-16(24)26/h3-10H,2,11H2,1H3. The Kier molecular flexibility index (Phi) is 5.38. The highest BCUT2D eigenvalue weighted by Gasteiger charge is 2.38. The Balaban J connectivity index is 2.00. The van der Waals surface area contributed by atoms with Gasteiger partial charge in [0.25, 0.3) is 5.56 Å². The van der Waals surface area contributed by atoms with Crippen molar-refractivity contribution in [1.82, 2.24) is 14.3 Å². The summed E-state index contributed by atoms with van der Waals surface area (Å²) in [5.41, 5.74) is -0.550. The van der Waals surface area contributed by atoms with E-state index in [2.05, 4.69) is 5.10 Å². The quantitative estimate of drug-likeness (QED) is 0.647. The van der Waals surface area contributed by atoms with Crippen molar-refractivity contribution in [2.75, 3.05) is 6.61 Å². The third-order valence-electron chi connectivity index (χ3n) is 3.83. The van der Waals surface area contributed by atoms with Gasteiger partial charge >= 0.3 is 6.18 Å². The van der Waals surface area contributed by atoms with E-state index in [0.29, 0.717) is 17.3 Å². The zero-order valence-corrected chi connectivity index (χ0v) is 15.0. The molecule has 142 valence electrons. The van der Waals surface area contributed by atoms with Crippen LogP contribution in [0.3, 0.4) is 0 Å². The molecule has 0 spiro atoms. The Morgan fingerprint density at radius 1 is 1.15 bits per heavy atom. The molecule has 5 nitrogen and oxygen atoms in total. The van der Waals surface area contributed by atoms with Crippen LogP contribution in [-0.4, -0.2) is 21.0 Å². The van der Waals surface area contributed by atoms with Crippen LogP contribution in [0.5, 0.6) is 0 Å². The second-order valence-electron chi connectivity index (χ2n) is 5.63. The first-order valence-corrected chi connectivity index (χ1v) is 8.40. The Labute approximate surface area is 157 Å². The van der Waals surface area contributed by atoms with E-state index in [1.165, 1.54) is 41.1 Å². The van der Waals surface area contributed by atoms with Gasteiger partial charge in [0.1, 0.15) is 0 Å². The van der Waals surface area contributed by atoms with Crippen molar-refractivity contribution >= 4 is 11.6 Å². The molecule has 0 unspecified atom stereocenters. The Morgan fingerprint density at radius 2 is 1.81 bits per heavy atom. The number of halogens is 4. The van der Waals surface area contributed by atoms with Gasteiger partial charge in [-0.1, -0.05) is 11.6 Å². The van der Waals surface area contributed by atoms with Crippen LogP contribution in [0, 0.1) is 0 Å². The van der Waals surface area contributed by atoms with Crippen molar-refractivity contribution in [1.29, 1.82) is 0 Å². The molecule has 0 aliphatic rings. The molecule has 9 heteroatoms. The Morgan fingerprint density at radius 3 is 2.41 bits per heavy atom. The van der Waals surface area contributed by atoms with Gasteiger partial charge in [-0.05, 0) is 37.3 Å². The number of pyridine rings is 1. The lowest BCUT2D eigenvalue weighted by molar-refractivity contribution is -0.144. The second kappa shape index (κ2) is 7.58. The topological polar surface area (TPSA) is 49.0 Å². The number of hydrogen-bond donors (Lipinski definition) is 0. The molecule has 3 aromatic rings. The lowest BCUT2D eigenvalue weighted by Gasteiger charge is -2.13. The predicted molar refractivity (Wildman–Crippen MR) is 94.5 cm³/mol. The first kappa shape index (κ1) is 19.2. The second-order valence-corrected chi connectivity index (χ2v) is 6.07. The summed E-state index contributed by atoms with van der Waals surface area (Å²) < 4.78 is 47.8. The highest BCUT2D eigenvalue weighted by molar-refractivity contribution is 6.30. The van der Waals surface area contributed by atoms with Crippen LogP contribution < -0.4 is 5.56 Å². The largest absolute Gasteiger partial charge is 0.433 e. The van der Waals surface area contributed by atoms with Gasteiger partial charge in [0.05, 0.1) is 18.5 Å². The maximum Gasteiger partial charge on any atom is 0.433 e. The van der Waals surface area contributed by atoms with E-state index in [-0.39, 0.29) is 23.4 Å². The average molecular weight is 398 g/mol. The van der Waals surface area contributed by atoms with Crippen molar-refractivity contribution < 1.29 is 17.9 Å². The molecule has 0 saturated heterocycles. The fourth-order valence-corrected chi connectivity index (χ4v) is 2.77. The summed E-state index contributed by atoms with van der Waals surface area (Å²) in [4.78, 5) is 12.0. The number of alkyl halides is 3. The molecule has 2 aromatic heterocycles. The van der Waals surface area contributed by atoms with Crippen LogP contribution in [0.25, 0.3) is 11.4 Å². The van der Waals surface area contributed by atoms with E-state index in [1.54, 1.807) is 13.0 Å². The minimum atomic E-state index is -4.59. The van der Waals surface area contributed by atoms with Crippen molar-refractivity contribution in [2.24, 2.45) is 0 Å². The number of ether oxygens (including phenoxy) is 1. The molecule has 1 aromatic carbocycles. The highest BCUT2D eigenvalue weighted by atomic mass is 35.5. The molecule has 0 aliphatic heterocycles. The predicted octanol–water partition coefficient (Wildman–Crippen LogP) is 4.23. The van der Waals surface area contributed by atoms with Gasteiger partial charge in [-0.2, -0.15) is 18.3 Å². The van der Waals surface area contributed by atoms with E-state index in [1.807, 2.05) is 0 Å². The molecule has 0 amide bonds. The minimum absolute atomic E-state index is 0.0395. The number of rotatable bonds is 5. The Hall–Kier alpha value is -2.58. The number of nitrogens with zero attached hydrogens (tertiary/aromatic N) is 3. The van der Waals surface area contributed by atoms with Crippen molar-refractivity contribution in [3.63, 3.8) is 0 Å². The van der Waals surface area contributed by atoms with Crippen molar-refractivity contribution in [3.8, 4) is 11.4 Å². The third kappa shape index (κ3) is 4.06. The van der Waals surface area contributed by atoms with E-state index in [4.69, 9.17) is 16.3 Å². The molecule has 0 fully saturated rings. The lowest BCUT2D eigenvalue weighted by atomic mass is 10.2. The molecular formula is C18H15ClF3N3O2. The van der Waals surface area contributed by atoms with E-state index >= 15 is 0 Å². The zero-order valence-electron chi connectivity index (χ0n) is 14.2. The first-order chi connectivity index (χ1) is 12.8. The van der Waals surface area contributed by atoms with Gasteiger partial charge in [-0.3, -0.25) is 9.36 Å². The zero-order chi connectivity index (χ0) is 19.6. The van der Waals surface area contributed by atoms with Crippen LogP contribution in [0.4, 0.5) is 13.2 Å². The molecule has 27 heavy (non-hydrogen) atoms. The SMILES string of the molecule is CCOCc1cnn(-c2ccc(-n3ccc(Cl)cc3=O)cc2)c1C(F)(F)F. The summed E-state index contributed by atoms with van der Waals surface area (Å²) in [6, 6.07) is 8.80. The molecule has 0 N–H and O–H groups in total. The fraction of sp³-hybridized carbons (Fsp3) is 0.222. The average Bonchev–Trinajstić information content (AvgIpc) is 3.04. The molecular weight excluding hydrogens is 383 g/mol. The van der Waals surface area contributed by atoms with Gasteiger partial charge in [-0.25, -0.2) is 4.68 Å². The summed E-state index contributed by atoms with van der Waals surface area (Å²) in [5.74, 6) is 0. The number of hydrogen-bond acceptors (Lipinski definition) is 3. The van der Waals surface area contributed by atoms with Gasteiger partial charge < -0.3 is 4.74 Å². The maximum absolute atomic E-state index is 13.5. The van der Waals surface area contributed by atoms with Crippen LogP contribution >= 0.6 is 11.6 Å². The summed E-state index contributed by atoms with van der Waals surface area (Å²) >= 11 is 5.77. The first-order valence-electron chi connectivity index (χ1n) is 8.02. The molecule has 0 bridgehead atoms. The fourth-order valence-electron chi connectivity index (χ4n) is 2.62. The highest BCUT2D eigenvalue weighted by Crippen LogP contribution is 2.34. The molecule has 3 rings (SSSR count).